The molecule has 5 nitrogen and oxygen atoms in total. The van der Waals surface area contributed by atoms with Gasteiger partial charge in [-0.05, 0) is 54.7 Å². The number of nitrogens with zero attached hydrogens (tertiary/aromatic N) is 1. The smallest absolute Gasteiger partial charge is 0.266 e. The largest absolute Gasteiger partial charge is 0.350 e. The summed E-state index contributed by atoms with van der Waals surface area (Å²) in [4.78, 5) is 27.1. The second-order valence-corrected chi connectivity index (χ2v) is 7.03. The highest BCUT2D eigenvalue weighted by atomic mass is 16.1. The molecule has 2 N–H and O–H groups in total. The molecule has 0 unspecified atom stereocenters. The summed E-state index contributed by atoms with van der Waals surface area (Å²) in [5, 5.41) is 14.5. The molecular weight excluding hydrogens is 350 g/mol. The maximum Gasteiger partial charge on any atom is 0.266 e. The molecule has 1 atom stereocenters. The zero-order valence-electron chi connectivity index (χ0n) is 16.3. The third-order valence-corrected chi connectivity index (χ3v) is 5.19. The highest BCUT2D eigenvalue weighted by molar-refractivity contribution is 5.87. The van der Waals surface area contributed by atoms with Crippen LogP contribution in [0, 0.1) is 25.2 Å². The summed E-state index contributed by atoms with van der Waals surface area (Å²) in [5.74, 6) is -0.0658. The van der Waals surface area contributed by atoms with Crippen molar-refractivity contribution >= 4 is 16.7 Å². The van der Waals surface area contributed by atoms with Crippen molar-refractivity contribution in [2.45, 2.75) is 39.7 Å². The summed E-state index contributed by atoms with van der Waals surface area (Å²) in [6.07, 6.45) is 0.755. The van der Waals surface area contributed by atoms with E-state index >= 15 is 0 Å². The van der Waals surface area contributed by atoms with E-state index in [9.17, 15) is 14.9 Å². The summed E-state index contributed by atoms with van der Waals surface area (Å²) in [6, 6.07) is 16.0. The van der Waals surface area contributed by atoms with Crippen LogP contribution in [0.5, 0.6) is 0 Å². The number of hydrogen-bond donors (Lipinski definition) is 2. The van der Waals surface area contributed by atoms with Crippen LogP contribution in [-0.4, -0.2) is 10.9 Å². The van der Waals surface area contributed by atoms with Crippen LogP contribution in [0.25, 0.3) is 10.8 Å². The monoisotopic (exact) mass is 373 g/mol. The van der Waals surface area contributed by atoms with Gasteiger partial charge in [0.2, 0.25) is 5.91 Å². The number of rotatable bonds is 5. The maximum absolute atomic E-state index is 12.5. The molecule has 0 aliphatic heterocycles. The molecule has 2 aromatic carbocycles. The average Bonchev–Trinajstić information content (AvgIpc) is 2.67. The van der Waals surface area contributed by atoms with Crippen molar-refractivity contribution in [1.82, 2.24) is 10.3 Å². The Morgan fingerprint density at radius 3 is 2.64 bits per heavy atom. The molecule has 0 saturated heterocycles. The van der Waals surface area contributed by atoms with Crippen LogP contribution in [0.1, 0.15) is 47.3 Å². The first-order chi connectivity index (χ1) is 13.4. The Morgan fingerprint density at radius 1 is 1.18 bits per heavy atom. The second-order valence-electron chi connectivity index (χ2n) is 7.03. The Bertz CT molecular complexity index is 1130. The van der Waals surface area contributed by atoms with E-state index in [2.05, 4.69) is 28.5 Å². The molecule has 0 saturated carbocycles. The summed E-state index contributed by atoms with van der Waals surface area (Å²) in [7, 11) is 0. The summed E-state index contributed by atoms with van der Waals surface area (Å²) in [6.45, 7) is 5.53. The second kappa shape index (κ2) is 8.10. The molecule has 0 aliphatic rings. The highest BCUT2D eigenvalue weighted by Crippen LogP contribution is 2.24. The molecule has 142 valence electrons. The number of aryl methyl sites for hydroxylation is 1. The van der Waals surface area contributed by atoms with E-state index in [0.717, 1.165) is 21.9 Å². The van der Waals surface area contributed by atoms with E-state index in [0.29, 0.717) is 17.7 Å². The van der Waals surface area contributed by atoms with Crippen molar-refractivity contribution < 1.29 is 4.79 Å². The zero-order valence-corrected chi connectivity index (χ0v) is 16.3. The number of benzene rings is 2. The van der Waals surface area contributed by atoms with Crippen LogP contribution in [0.15, 0.2) is 47.3 Å². The van der Waals surface area contributed by atoms with Crippen LogP contribution in [-0.2, 0) is 11.2 Å². The number of hydrogen-bond acceptors (Lipinski definition) is 3. The molecule has 0 radical (unpaired) electrons. The number of carbonyl (C=O) groups is 1. The predicted molar refractivity (Wildman–Crippen MR) is 110 cm³/mol. The molecular formula is C23H23N3O2. The van der Waals surface area contributed by atoms with Gasteiger partial charge in [0.15, 0.2) is 0 Å². The highest BCUT2D eigenvalue weighted by Gasteiger charge is 2.15. The van der Waals surface area contributed by atoms with Crippen LogP contribution >= 0.6 is 0 Å². The van der Waals surface area contributed by atoms with Gasteiger partial charge in [0.05, 0.1) is 6.04 Å². The Hall–Kier alpha value is -3.39. The molecule has 3 aromatic rings. The fraction of sp³-hybridized carbons (Fsp3) is 0.261. The van der Waals surface area contributed by atoms with Crippen molar-refractivity contribution in [3.63, 3.8) is 0 Å². The van der Waals surface area contributed by atoms with E-state index in [-0.39, 0.29) is 29.5 Å². The number of amides is 1. The number of nitrogens with one attached hydrogen (secondary N) is 2. The average molecular weight is 373 g/mol. The van der Waals surface area contributed by atoms with Crippen molar-refractivity contribution in [1.29, 1.82) is 5.26 Å². The predicted octanol–water partition coefficient (Wildman–Crippen LogP) is 3.83. The summed E-state index contributed by atoms with van der Waals surface area (Å²) < 4.78 is 0. The van der Waals surface area contributed by atoms with Gasteiger partial charge in [0, 0.05) is 12.1 Å². The molecule has 0 bridgehead atoms. The number of fused-ring (bicyclic) bond motifs is 1. The van der Waals surface area contributed by atoms with Gasteiger partial charge in [0.1, 0.15) is 11.6 Å². The molecule has 1 aromatic heterocycles. The first-order valence-corrected chi connectivity index (χ1v) is 9.32. The molecule has 3 rings (SSSR count). The van der Waals surface area contributed by atoms with Crippen LogP contribution < -0.4 is 10.9 Å². The van der Waals surface area contributed by atoms with Gasteiger partial charge >= 0.3 is 0 Å². The number of pyridine rings is 1. The standard InChI is InChI=1S/C23H23N3O2/c1-14-18(15(2)26-23(28)21(14)13-24)11-12-22(27)25-16(3)19-10-6-8-17-7-4-5-9-20(17)19/h4-10,16H,11-12H2,1-3H3,(H,25,27)(H,26,28)/t16-/m1/s1. The topological polar surface area (TPSA) is 85.8 Å². The quantitative estimate of drug-likeness (QED) is 0.713. The third kappa shape index (κ3) is 3.81. The normalized spacial score (nSPS) is 11.8. The fourth-order valence-corrected chi connectivity index (χ4v) is 3.68. The van der Waals surface area contributed by atoms with Gasteiger partial charge in [-0.1, -0.05) is 42.5 Å². The van der Waals surface area contributed by atoms with Crippen LogP contribution in [0.4, 0.5) is 0 Å². The SMILES string of the molecule is Cc1[nH]c(=O)c(C#N)c(C)c1CCC(=O)N[C@H](C)c1cccc2ccccc12. The molecule has 0 spiro atoms. The van der Waals surface area contributed by atoms with E-state index in [4.69, 9.17) is 0 Å². The Kier molecular flexibility index (Phi) is 5.60. The lowest BCUT2D eigenvalue weighted by Crippen LogP contribution is -2.27. The summed E-state index contributed by atoms with van der Waals surface area (Å²) in [5.41, 5.74) is 3.02. The van der Waals surface area contributed by atoms with E-state index < -0.39 is 0 Å². The lowest BCUT2D eigenvalue weighted by molar-refractivity contribution is -0.121. The molecule has 0 aliphatic carbocycles. The maximum atomic E-state index is 12.5. The number of aromatic amines is 1. The number of H-pyrrole nitrogens is 1. The number of carbonyl (C=O) groups excluding carboxylic acids is 1. The van der Waals surface area contributed by atoms with Crippen molar-refractivity contribution in [3.8, 4) is 6.07 Å². The van der Waals surface area contributed by atoms with Crippen LogP contribution in [0.2, 0.25) is 0 Å². The molecule has 1 heterocycles. The van der Waals surface area contributed by atoms with E-state index in [1.54, 1.807) is 13.8 Å². The van der Waals surface area contributed by atoms with Gasteiger partial charge in [-0.15, -0.1) is 0 Å². The Labute approximate surface area is 164 Å². The van der Waals surface area contributed by atoms with Gasteiger partial charge < -0.3 is 10.3 Å². The molecule has 28 heavy (non-hydrogen) atoms. The van der Waals surface area contributed by atoms with Gasteiger partial charge in [-0.2, -0.15) is 5.26 Å². The fourth-order valence-electron chi connectivity index (χ4n) is 3.68. The minimum Gasteiger partial charge on any atom is -0.350 e. The molecule has 1 amide bonds. The minimum atomic E-state index is -0.379. The van der Waals surface area contributed by atoms with Gasteiger partial charge in [0.25, 0.3) is 5.56 Å². The van der Waals surface area contributed by atoms with Crippen molar-refractivity contribution in [3.05, 3.63) is 80.8 Å². The minimum absolute atomic E-state index is 0.0658. The first kappa shape index (κ1) is 19.4. The Morgan fingerprint density at radius 2 is 1.89 bits per heavy atom. The number of aromatic nitrogens is 1. The lowest BCUT2D eigenvalue weighted by Gasteiger charge is -2.17. The van der Waals surface area contributed by atoms with Crippen molar-refractivity contribution in [2.75, 3.05) is 0 Å². The first-order valence-electron chi connectivity index (χ1n) is 9.32. The summed E-state index contributed by atoms with van der Waals surface area (Å²) >= 11 is 0. The third-order valence-electron chi connectivity index (χ3n) is 5.19. The van der Waals surface area contributed by atoms with Crippen LogP contribution in [0.3, 0.4) is 0 Å². The lowest BCUT2D eigenvalue weighted by atomic mass is 9.98. The molecule has 5 heteroatoms. The number of nitriles is 1. The van der Waals surface area contributed by atoms with Crippen molar-refractivity contribution in [2.24, 2.45) is 0 Å². The molecule has 0 fully saturated rings. The van der Waals surface area contributed by atoms with E-state index in [1.165, 1.54) is 0 Å². The van der Waals surface area contributed by atoms with Gasteiger partial charge in [-0.3, -0.25) is 9.59 Å². The van der Waals surface area contributed by atoms with E-state index in [1.807, 2.05) is 37.3 Å². The Balaban J connectivity index is 1.73. The van der Waals surface area contributed by atoms with Gasteiger partial charge in [-0.25, -0.2) is 0 Å². The zero-order chi connectivity index (χ0) is 20.3.